The van der Waals surface area contributed by atoms with E-state index >= 15 is 0 Å². The summed E-state index contributed by atoms with van der Waals surface area (Å²) < 4.78 is 5.26. The maximum absolute atomic E-state index is 5.44. The van der Waals surface area contributed by atoms with Crippen molar-refractivity contribution in [3.05, 3.63) is 5.69 Å². The maximum atomic E-state index is 5.44. The molecule has 5 heteroatoms. The number of nitrogens with zero attached hydrogens (tertiary/aromatic N) is 2. The van der Waals surface area contributed by atoms with Crippen LogP contribution in [0.1, 0.15) is 19.5 Å². The number of ether oxygens (including phenoxy) is 1. The van der Waals surface area contributed by atoms with Gasteiger partial charge in [0.25, 0.3) is 0 Å². The van der Waals surface area contributed by atoms with Gasteiger partial charge >= 0.3 is 0 Å². The lowest BCUT2D eigenvalue weighted by atomic mass is 10.4. The Morgan fingerprint density at radius 2 is 2.27 bits per heavy atom. The number of H-pyrrole nitrogens is 1. The number of hydrogen-bond acceptors (Lipinski definition) is 4. The highest BCUT2D eigenvalue weighted by Crippen LogP contribution is 2.04. The lowest BCUT2D eigenvalue weighted by molar-refractivity contribution is 0.0639. The van der Waals surface area contributed by atoms with Crippen LogP contribution in [0.25, 0.3) is 0 Å². The largest absolute Gasteiger partial charge is 0.381 e. The number of nitrogens with two attached hydrogens (primary N) is 1. The molecular formula is C6H12N4O. The molecule has 1 rings (SSSR count). The second-order valence-corrected chi connectivity index (χ2v) is 2.52. The first-order valence-electron chi connectivity index (χ1n) is 3.47. The van der Waals surface area contributed by atoms with E-state index in [-0.39, 0.29) is 6.10 Å². The van der Waals surface area contributed by atoms with Gasteiger partial charge < -0.3 is 10.5 Å². The van der Waals surface area contributed by atoms with Gasteiger partial charge in [0.05, 0.1) is 12.7 Å². The van der Waals surface area contributed by atoms with Gasteiger partial charge in [-0.15, -0.1) is 5.10 Å². The molecule has 1 aromatic heterocycles. The van der Waals surface area contributed by atoms with Crippen LogP contribution in [0.3, 0.4) is 0 Å². The van der Waals surface area contributed by atoms with E-state index in [1.165, 1.54) is 0 Å². The van der Waals surface area contributed by atoms with Gasteiger partial charge in [-0.2, -0.15) is 10.3 Å². The van der Waals surface area contributed by atoms with Crippen molar-refractivity contribution in [3.63, 3.8) is 0 Å². The first-order chi connectivity index (χ1) is 5.20. The Balaban J connectivity index is 2.44. The highest BCUT2D eigenvalue weighted by Gasteiger charge is 2.03. The lowest BCUT2D eigenvalue weighted by Crippen LogP contribution is -2.04. The van der Waals surface area contributed by atoms with Crippen molar-refractivity contribution >= 4 is 5.82 Å². The van der Waals surface area contributed by atoms with Crippen LogP contribution in [0.4, 0.5) is 5.82 Å². The van der Waals surface area contributed by atoms with E-state index in [9.17, 15) is 0 Å². The number of anilines is 1. The third-order valence-corrected chi connectivity index (χ3v) is 1.20. The topological polar surface area (TPSA) is 76.8 Å². The molecule has 1 heterocycles. The SMILES string of the molecule is CC(C)OCc1n[nH]nc1N. The zero-order valence-electron chi connectivity index (χ0n) is 6.66. The lowest BCUT2D eigenvalue weighted by Gasteiger charge is -2.04. The maximum Gasteiger partial charge on any atom is 0.171 e. The van der Waals surface area contributed by atoms with E-state index in [0.717, 1.165) is 0 Å². The van der Waals surface area contributed by atoms with E-state index < -0.39 is 0 Å². The molecule has 0 saturated carbocycles. The molecule has 11 heavy (non-hydrogen) atoms. The van der Waals surface area contributed by atoms with Gasteiger partial charge in [0, 0.05) is 0 Å². The van der Waals surface area contributed by atoms with Crippen molar-refractivity contribution in [1.29, 1.82) is 0 Å². The summed E-state index contributed by atoms with van der Waals surface area (Å²) in [4.78, 5) is 0. The minimum Gasteiger partial charge on any atom is -0.381 e. The molecular weight excluding hydrogens is 144 g/mol. The fraction of sp³-hybridized carbons (Fsp3) is 0.667. The van der Waals surface area contributed by atoms with Gasteiger partial charge in [0.1, 0.15) is 5.69 Å². The summed E-state index contributed by atoms with van der Waals surface area (Å²) >= 11 is 0. The monoisotopic (exact) mass is 156 g/mol. The van der Waals surface area contributed by atoms with Gasteiger partial charge in [-0.1, -0.05) is 0 Å². The Hall–Kier alpha value is -1.10. The highest BCUT2D eigenvalue weighted by molar-refractivity contribution is 5.30. The van der Waals surface area contributed by atoms with Gasteiger partial charge in [0.2, 0.25) is 0 Å². The van der Waals surface area contributed by atoms with Crippen LogP contribution < -0.4 is 5.73 Å². The molecule has 0 aromatic carbocycles. The Morgan fingerprint density at radius 3 is 2.73 bits per heavy atom. The van der Waals surface area contributed by atoms with E-state index in [4.69, 9.17) is 10.5 Å². The van der Waals surface area contributed by atoms with Crippen molar-refractivity contribution in [2.45, 2.75) is 26.6 Å². The Bertz CT molecular complexity index is 220. The van der Waals surface area contributed by atoms with Crippen LogP contribution in [0.15, 0.2) is 0 Å². The zero-order valence-corrected chi connectivity index (χ0v) is 6.66. The van der Waals surface area contributed by atoms with Crippen molar-refractivity contribution in [2.75, 3.05) is 5.73 Å². The molecule has 0 aliphatic carbocycles. The number of rotatable bonds is 3. The summed E-state index contributed by atoms with van der Waals surface area (Å²) in [6.07, 6.45) is 0.186. The molecule has 0 bridgehead atoms. The third kappa shape index (κ3) is 2.19. The number of aromatic nitrogens is 3. The standard InChI is InChI=1S/C6H12N4O/c1-4(2)11-3-5-6(7)9-10-8-5/h4H,3H2,1-2H3,(H3,7,8,9,10). The van der Waals surface area contributed by atoms with Crippen molar-refractivity contribution in [1.82, 2.24) is 15.4 Å². The van der Waals surface area contributed by atoms with Gasteiger partial charge in [-0.25, -0.2) is 0 Å². The highest BCUT2D eigenvalue weighted by atomic mass is 16.5. The molecule has 0 aliphatic rings. The molecule has 1 aromatic rings. The second kappa shape index (κ2) is 3.34. The van der Waals surface area contributed by atoms with Crippen molar-refractivity contribution < 1.29 is 4.74 Å². The molecule has 0 spiro atoms. The Labute approximate surface area is 64.9 Å². The molecule has 3 N–H and O–H groups in total. The van der Waals surface area contributed by atoms with Crippen LogP contribution in [-0.4, -0.2) is 21.5 Å². The van der Waals surface area contributed by atoms with Crippen LogP contribution >= 0.6 is 0 Å². The van der Waals surface area contributed by atoms with Gasteiger partial charge in [-0.05, 0) is 13.8 Å². The normalized spacial score (nSPS) is 10.8. The van der Waals surface area contributed by atoms with Crippen LogP contribution in [0, 0.1) is 0 Å². The summed E-state index contributed by atoms with van der Waals surface area (Å²) in [5, 5.41) is 9.87. The van der Waals surface area contributed by atoms with Crippen LogP contribution in [0.5, 0.6) is 0 Å². The number of aromatic amines is 1. The summed E-state index contributed by atoms with van der Waals surface area (Å²) in [6.45, 7) is 4.33. The summed E-state index contributed by atoms with van der Waals surface area (Å²) in [5.74, 6) is 0.408. The quantitative estimate of drug-likeness (QED) is 0.660. The predicted octanol–water partition coefficient (Wildman–Crippen LogP) is 0.312. The molecule has 0 amide bonds. The summed E-state index contributed by atoms with van der Waals surface area (Å²) in [7, 11) is 0. The first kappa shape index (κ1) is 8.00. The van der Waals surface area contributed by atoms with Crippen LogP contribution in [-0.2, 0) is 11.3 Å². The number of nitrogens with one attached hydrogen (secondary N) is 1. The third-order valence-electron chi connectivity index (χ3n) is 1.20. The molecule has 0 fully saturated rings. The Morgan fingerprint density at radius 1 is 1.55 bits per heavy atom. The van der Waals surface area contributed by atoms with Crippen LogP contribution in [0.2, 0.25) is 0 Å². The van der Waals surface area contributed by atoms with E-state index in [1.54, 1.807) is 0 Å². The van der Waals surface area contributed by atoms with E-state index in [2.05, 4.69) is 15.4 Å². The van der Waals surface area contributed by atoms with E-state index in [1.807, 2.05) is 13.8 Å². The minimum atomic E-state index is 0.186. The zero-order chi connectivity index (χ0) is 8.27. The Kier molecular flexibility index (Phi) is 2.43. The smallest absolute Gasteiger partial charge is 0.171 e. The molecule has 0 atom stereocenters. The fourth-order valence-electron chi connectivity index (χ4n) is 0.613. The molecule has 0 unspecified atom stereocenters. The average molecular weight is 156 g/mol. The van der Waals surface area contributed by atoms with Crippen molar-refractivity contribution in [3.8, 4) is 0 Å². The average Bonchev–Trinajstić information content (AvgIpc) is 2.31. The molecule has 62 valence electrons. The molecule has 0 aliphatic heterocycles. The summed E-state index contributed by atoms with van der Waals surface area (Å²) in [5.41, 5.74) is 6.11. The number of nitrogen functional groups attached to an aromatic ring is 1. The molecule has 5 nitrogen and oxygen atoms in total. The van der Waals surface area contributed by atoms with Crippen molar-refractivity contribution in [2.24, 2.45) is 0 Å². The minimum absolute atomic E-state index is 0.186. The van der Waals surface area contributed by atoms with Gasteiger partial charge in [0.15, 0.2) is 5.82 Å². The van der Waals surface area contributed by atoms with E-state index in [0.29, 0.717) is 18.1 Å². The summed E-state index contributed by atoms with van der Waals surface area (Å²) in [6, 6.07) is 0. The fourth-order valence-corrected chi connectivity index (χ4v) is 0.613. The molecule has 0 saturated heterocycles. The first-order valence-corrected chi connectivity index (χ1v) is 3.47. The van der Waals surface area contributed by atoms with Gasteiger partial charge in [-0.3, -0.25) is 0 Å². The predicted molar refractivity (Wildman–Crippen MR) is 40.7 cm³/mol. The molecule has 0 radical (unpaired) electrons. The second-order valence-electron chi connectivity index (χ2n) is 2.52. The number of hydrogen-bond donors (Lipinski definition) is 2.